The fraction of sp³-hybridized carbons (Fsp3) is 0.538. The Hall–Kier alpha value is -1.16. The van der Waals surface area contributed by atoms with Gasteiger partial charge in [0.05, 0.1) is 5.69 Å². The first-order valence-corrected chi connectivity index (χ1v) is 6.49. The highest BCUT2D eigenvalue weighted by atomic mass is 32.1. The molecular weight excluding hydrogens is 230 g/mol. The van der Waals surface area contributed by atoms with E-state index in [-0.39, 0.29) is 0 Å². The highest BCUT2D eigenvalue weighted by Gasteiger charge is 2.25. The number of thiocarbonyl (C=S) groups is 1. The van der Waals surface area contributed by atoms with E-state index in [0.717, 1.165) is 24.9 Å². The summed E-state index contributed by atoms with van der Waals surface area (Å²) < 4.78 is 0. The molecule has 0 aliphatic carbocycles. The van der Waals surface area contributed by atoms with Gasteiger partial charge in [0.15, 0.2) is 0 Å². The summed E-state index contributed by atoms with van der Waals surface area (Å²) in [6.07, 6.45) is 3.05. The molecule has 92 valence electrons. The molecule has 1 fully saturated rings. The summed E-state index contributed by atoms with van der Waals surface area (Å²) in [5.74, 6) is 1.54. The summed E-state index contributed by atoms with van der Waals surface area (Å²) in [6.45, 7) is 6.82. The van der Waals surface area contributed by atoms with Crippen LogP contribution in [0, 0.1) is 11.8 Å². The Morgan fingerprint density at radius 2 is 2.35 bits per heavy atom. The Labute approximate surface area is 108 Å². The molecule has 2 N–H and O–H groups in total. The number of rotatable bonds is 3. The summed E-state index contributed by atoms with van der Waals surface area (Å²) in [5, 5.41) is 0. The summed E-state index contributed by atoms with van der Waals surface area (Å²) >= 11 is 4.96. The minimum atomic E-state index is 0.367. The average Bonchev–Trinajstić information content (AvgIpc) is 2.78. The Balaban J connectivity index is 2.13. The largest absolute Gasteiger partial charge is 0.388 e. The van der Waals surface area contributed by atoms with E-state index >= 15 is 0 Å². The van der Waals surface area contributed by atoms with E-state index in [1.165, 1.54) is 12.1 Å². The number of hydrogen-bond acceptors (Lipinski definition) is 3. The number of nitrogens with zero attached hydrogens (tertiary/aromatic N) is 2. The van der Waals surface area contributed by atoms with Crippen LogP contribution in [0.1, 0.15) is 26.0 Å². The van der Waals surface area contributed by atoms with Gasteiger partial charge in [-0.05, 0) is 30.4 Å². The van der Waals surface area contributed by atoms with Crippen LogP contribution in [0.25, 0.3) is 0 Å². The maximum Gasteiger partial charge on any atom is 0.122 e. The molecule has 2 heterocycles. The molecule has 3 nitrogen and oxygen atoms in total. The van der Waals surface area contributed by atoms with Gasteiger partial charge in [-0.15, -0.1) is 0 Å². The lowest BCUT2D eigenvalue weighted by molar-refractivity contribution is 0.423. The lowest BCUT2D eigenvalue weighted by atomic mass is 9.95. The third-order valence-electron chi connectivity index (χ3n) is 3.53. The summed E-state index contributed by atoms with van der Waals surface area (Å²) in [7, 11) is 0. The van der Waals surface area contributed by atoms with Crippen LogP contribution in [-0.4, -0.2) is 23.1 Å². The smallest absolute Gasteiger partial charge is 0.122 e. The van der Waals surface area contributed by atoms with E-state index < -0.39 is 0 Å². The fourth-order valence-electron chi connectivity index (χ4n) is 2.32. The van der Waals surface area contributed by atoms with Gasteiger partial charge in [0.1, 0.15) is 4.99 Å². The van der Waals surface area contributed by atoms with E-state index in [0.29, 0.717) is 10.7 Å². The highest BCUT2D eigenvalue weighted by molar-refractivity contribution is 7.80. The van der Waals surface area contributed by atoms with Crippen molar-refractivity contribution >= 4 is 22.9 Å². The van der Waals surface area contributed by atoms with Crippen LogP contribution in [0.2, 0.25) is 0 Å². The second kappa shape index (κ2) is 5.00. The molecule has 0 amide bonds. The second-order valence-electron chi connectivity index (χ2n) is 5.00. The standard InChI is InChI=1S/C13H19N3S/c1-9(2)10-4-6-16(8-10)11-3-5-15-12(7-11)13(14)17/h3,5,7,9-10H,4,6,8H2,1-2H3,(H2,14,17). The van der Waals surface area contributed by atoms with Crippen molar-refractivity contribution < 1.29 is 0 Å². The first-order valence-electron chi connectivity index (χ1n) is 6.08. The van der Waals surface area contributed by atoms with Crippen molar-refractivity contribution in [3.8, 4) is 0 Å². The zero-order valence-electron chi connectivity index (χ0n) is 10.4. The van der Waals surface area contributed by atoms with Crippen LogP contribution in [0.4, 0.5) is 5.69 Å². The Kier molecular flexibility index (Phi) is 3.62. The van der Waals surface area contributed by atoms with E-state index in [2.05, 4.69) is 23.7 Å². The number of hydrogen-bond donors (Lipinski definition) is 1. The zero-order chi connectivity index (χ0) is 12.4. The molecule has 1 aromatic rings. The molecule has 17 heavy (non-hydrogen) atoms. The summed E-state index contributed by atoms with van der Waals surface area (Å²) in [4.78, 5) is 6.94. The third-order valence-corrected chi connectivity index (χ3v) is 3.74. The van der Waals surface area contributed by atoms with Gasteiger partial charge in [-0.2, -0.15) is 0 Å². The van der Waals surface area contributed by atoms with E-state index in [4.69, 9.17) is 18.0 Å². The van der Waals surface area contributed by atoms with Gasteiger partial charge >= 0.3 is 0 Å². The molecule has 2 rings (SSSR count). The summed E-state index contributed by atoms with van der Waals surface area (Å²) in [5.41, 5.74) is 7.51. The fourth-order valence-corrected chi connectivity index (χ4v) is 2.43. The quantitative estimate of drug-likeness (QED) is 0.834. The molecule has 0 radical (unpaired) electrons. The lowest BCUT2D eigenvalue weighted by Gasteiger charge is -2.20. The molecule has 4 heteroatoms. The SMILES string of the molecule is CC(C)C1CCN(c2ccnc(C(N)=S)c2)C1. The molecule has 0 spiro atoms. The van der Waals surface area contributed by atoms with Gasteiger partial charge in [0.25, 0.3) is 0 Å². The van der Waals surface area contributed by atoms with Crippen molar-refractivity contribution in [3.05, 3.63) is 24.0 Å². The van der Waals surface area contributed by atoms with Crippen LogP contribution < -0.4 is 10.6 Å². The van der Waals surface area contributed by atoms with Crippen LogP contribution in [0.15, 0.2) is 18.3 Å². The van der Waals surface area contributed by atoms with Crippen LogP contribution in [0.5, 0.6) is 0 Å². The molecule has 0 bridgehead atoms. The molecule has 1 aliphatic heterocycles. The maximum absolute atomic E-state index is 5.61. The molecule has 0 aromatic carbocycles. The molecule has 1 aliphatic rings. The van der Waals surface area contributed by atoms with Gasteiger partial charge in [-0.3, -0.25) is 4.98 Å². The maximum atomic E-state index is 5.61. The average molecular weight is 249 g/mol. The van der Waals surface area contributed by atoms with E-state index in [9.17, 15) is 0 Å². The van der Waals surface area contributed by atoms with Crippen LogP contribution >= 0.6 is 12.2 Å². The normalized spacial score (nSPS) is 19.9. The number of nitrogens with two attached hydrogens (primary N) is 1. The monoisotopic (exact) mass is 249 g/mol. The van der Waals surface area contributed by atoms with Gasteiger partial charge < -0.3 is 10.6 Å². The van der Waals surface area contributed by atoms with Gasteiger partial charge in [-0.25, -0.2) is 0 Å². The molecule has 1 unspecified atom stereocenters. The first kappa shape index (κ1) is 12.3. The lowest BCUT2D eigenvalue weighted by Crippen LogP contribution is -2.22. The highest BCUT2D eigenvalue weighted by Crippen LogP contribution is 2.28. The summed E-state index contributed by atoms with van der Waals surface area (Å²) in [6, 6.07) is 4.02. The predicted octanol–water partition coefficient (Wildman–Crippen LogP) is 2.20. The number of anilines is 1. The van der Waals surface area contributed by atoms with Gasteiger partial charge in [0.2, 0.25) is 0 Å². The molecular formula is C13H19N3S. The Morgan fingerprint density at radius 1 is 1.59 bits per heavy atom. The third kappa shape index (κ3) is 2.75. The van der Waals surface area contributed by atoms with Crippen molar-refractivity contribution in [2.75, 3.05) is 18.0 Å². The van der Waals surface area contributed by atoms with Crippen molar-refractivity contribution in [3.63, 3.8) is 0 Å². The molecule has 0 saturated carbocycles. The first-order chi connectivity index (χ1) is 8.08. The topological polar surface area (TPSA) is 42.2 Å². The van der Waals surface area contributed by atoms with Crippen LogP contribution in [0.3, 0.4) is 0 Å². The minimum absolute atomic E-state index is 0.367. The van der Waals surface area contributed by atoms with Crippen molar-refractivity contribution in [2.45, 2.75) is 20.3 Å². The van der Waals surface area contributed by atoms with E-state index in [1.54, 1.807) is 6.20 Å². The van der Waals surface area contributed by atoms with Gasteiger partial charge in [-0.1, -0.05) is 26.1 Å². The number of aromatic nitrogens is 1. The molecule has 1 atom stereocenters. The van der Waals surface area contributed by atoms with Crippen LogP contribution in [-0.2, 0) is 0 Å². The molecule has 1 aromatic heterocycles. The molecule has 1 saturated heterocycles. The predicted molar refractivity (Wildman–Crippen MR) is 75.3 cm³/mol. The second-order valence-corrected chi connectivity index (χ2v) is 5.44. The number of pyridine rings is 1. The van der Waals surface area contributed by atoms with Crippen molar-refractivity contribution in [1.29, 1.82) is 0 Å². The minimum Gasteiger partial charge on any atom is -0.388 e. The van der Waals surface area contributed by atoms with Crippen molar-refractivity contribution in [1.82, 2.24) is 4.98 Å². The Bertz CT molecular complexity index is 417. The zero-order valence-corrected chi connectivity index (χ0v) is 11.2. The van der Waals surface area contributed by atoms with Crippen molar-refractivity contribution in [2.24, 2.45) is 17.6 Å². The van der Waals surface area contributed by atoms with E-state index in [1.807, 2.05) is 12.1 Å². The Morgan fingerprint density at radius 3 is 2.94 bits per heavy atom. The van der Waals surface area contributed by atoms with Gasteiger partial charge in [0, 0.05) is 25.0 Å².